The van der Waals surface area contributed by atoms with Crippen molar-refractivity contribution in [2.45, 2.75) is 57.7 Å². The van der Waals surface area contributed by atoms with Gasteiger partial charge >= 0.3 is 0 Å². The maximum atomic E-state index is 4.64. The van der Waals surface area contributed by atoms with E-state index in [9.17, 15) is 0 Å². The third-order valence-electron chi connectivity index (χ3n) is 3.91. The van der Waals surface area contributed by atoms with Crippen LogP contribution in [0.25, 0.3) is 0 Å². The third-order valence-corrected chi connectivity index (χ3v) is 5.88. The van der Waals surface area contributed by atoms with Crippen LogP contribution in [0.4, 0.5) is 0 Å². The van der Waals surface area contributed by atoms with Gasteiger partial charge in [0.05, 0.1) is 0 Å². The van der Waals surface area contributed by atoms with E-state index < -0.39 is 0 Å². The Labute approximate surface area is 90.9 Å². The number of nitrogens with zero attached hydrogens (tertiary/aromatic N) is 2. The van der Waals surface area contributed by atoms with Crippen LogP contribution in [-0.2, 0) is 0 Å². The van der Waals surface area contributed by atoms with E-state index in [1.54, 1.807) is 0 Å². The molecule has 1 aliphatic heterocycles. The second-order valence-electron chi connectivity index (χ2n) is 5.84. The molecule has 1 atom stereocenters. The van der Waals surface area contributed by atoms with Crippen LogP contribution in [0.2, 0.25) is 0 Å². The first kappa shape index (κ1) is 10.5. The number of thioether (sulfide) groups is 1. The van der Waals surface area contributed by atoms with Gasteiger partial charge < -0.3 is 0 Å². The van der Waals surface area contributed by atoms with Crippen molar-refractivity contribution in [1.82, 2.24) is 0 Å². The van der Waals surface area contributed by atoms with Crippen molar-refractivity contribution in [1.29, 1.82) is 0 Å². The minimum absolute atomic E-state index is 0.0272. The molecule has 0 saturated heterocycles. The van der Waals surface area contributed by atoms with Gasteiger partial charge in [0.2, 0.25) is 0 Å². The smallest absolute Gasteiger partial charge is 0.139 e. The van der Waals surface area contributed by atoms with Gasteiger partial charge in [-0.1, -0.05) is 27.7 Å². The fraction of sp³-hybridized carbons (Fsp3) is 1.00. The Morgan fingerprint density at radius 3 is 1.93 bits per heavy atom. The van der Waals surface area contributed by atoms with Crippen LogP contribution in [0.3, 0.4) is 0 Å². The Morgan fingerprint density at radius 1 is 1.07 bits per heavy atom. The molecule has 0 radical (unpaired) electrons. The lowest BCUT2D eigenvalue weighted by Gasteiger charge is -2.42. The number of azo groups is 1. The molecule has 3 heteroatoms. The van der Waals surface area contributed by atoms with Crippen LogP contribution in [0.15, 0.2) is 10.2 Å². The highest BCUT2D eigenvalue weighted by atomic mass is 32.2. The average Bonchev–Trinajstić information content (AvgIpc) is 2.52. The van der Waals surface area contributed by atoms with Crippen LogP contribution in [0.5, 0.6) is 0 Å². The van der Waals surface area contributed by atoms with Gasteiger partial charge in [0.25, 0.3) is 0 Å². The monoisotopic (exact) mass is 212 g/mol. The van der Waals surface area contributed by atoms with Crippen molar-refractivity contribution in [2.75, 3.05) is 0 Å². The predicted molar refractivity (Wildman–Crippen MR) is 61.4 cm³/mol. The Morgan fingerprint density at radius 2 is 1.57 bits per heavy atom. The summed E-state index contributed by atoms with van der Waals surface area (Å²) in [4.78, 5) is 0.0272. The van der Waals surface area contributed by atoms with Gasteiger partial charge in [-0.3, -0.25) is 0 Å². The van der Waals surface area contributed by atoms with Crippen molar-refractivity contribution in [3.8, 4) is 0 Å². The van der Waals surface area contributed by atoms with Gasteiger partial charge in [-0.15, -0.1) is 11.8 Å². The van der Waals surface area contributed by atoms with Crippen LogP contribution in [-0.4, -0.2) is 10.2 Å². The summed E-state index contributed by atoms with van der Waals surface area (Å²) in [7, 11) is 0. The molecule has 0 aromatic rings. The van der Waals surface area contributed by atoms with Gasteiger partial charge in [-0.05, 0) is 19.8 Å². The Hall–Kier alpha value is -0.0500. The van der Waals surface area contributed by atoms with E-state index in [-0.39, 0.29) is 15.7 Å². The molecule has 0 aromatic carbocycles. The van der Waals surface area contributed by atoms with Gasteiger partial charge in [0.1, 0.15) is 10.2 Å². The molecular weight excluding hydrogens is 192 g/mol. The van der Waals surface area contributed by atoms with Crippen molar-refractivity contribution < 1.29 is 0 Å². The van der Waals surface area contributed by atoms with E-state index in [0.29, 0.717) is 5.37 Å². The first-order valence-electron chi connectivity index (χ1n) is 5.41. The fourth-order valence-corrected chi connectivity index (χ4v) is 4.45. The Bertz CT molecular complexity index is 265. The first-order chi connectivity index (χ1) is 6.31. The highest BCUT2D eigenvalue weighted by molar-refractivity contribution is 8.01. The maximum Gasteiger partial charge on any atom is 0.139 e. The summed E-state index contributed by atoms with van der Waals surface area (Å²) in [5.41, 5.74) is 0.574. The molecular formula is C11H20N2S. The highest BCUT2D eigenvalue weighted by Crippen LogP contribution is 2.66. The molecule has 0 aromatic heterocycles. The molecule has 2 rings (SSSR count). The van der Waals surface area contributed by atoms with Gasteiger partial charge in [-0.25, -0.2) is 0 Å². The molecule has 80 valence electrons. The number of rotatable bonds is 0. The number of hydrogen-bond donors (Lipinski definition) is 0. The minimum Gasteiger partial charge on any atom is -0.179 e. The van der Waals surface area contributed by atoms with E-state index >= 15 is 0 Å². The summed E-state index contributed by atoms with van der Waals surface area (Å²) in [6.07, 6.45) is 2.53. The Balaban J connectivity index is 2.44. The quantitative estimate of drug-likeness (QED) is 0.594. The zero-order chi connectivity index (χ0) is 10.6. The van der Waals surface area contributed by atoms with Crippen molar-refractivity contribution in [3.63, 3.8) is 0 Å². The summed E-state index contributed by atoms with van der Waals surface area (Å²) in [6.45, 7) is 11.5. The van der Waals surface area contributed by atoms with E-state index in [1.165, 1.54) is 12.8 Å². The number of hydrogen-bond acceptors (Lipinski definition) is 3. The van der Waals surface area contributed by atoms with Crippen molar-refractivity contribution in [2.24, 2.45) is 21.1 Å². The standard InChI is InChI=1S/C11H20N2S/c1-8-12-13-11(14-8)9(2,3)6-7-10(11,4)5/h8H,6-7H2,1-5H3. The van der Waals surface area contributed by atoms with Gasteiger partial charge in [0.15, 0.2) is 0 Å². The van der Waals surface area contributed by atoms with Crippen molar-refractivity contribution >= 4 is 11.8 Å². The fourth-order valence-electron chi connectivity index (χ4n) is 2.93. The average molecular weight is 212 g/mol. The molecule has 1 aliphatic carbocycles. The van der Waals surface area contributed by atoms with E-state index in [0.717, 1.165) is 0 Å². The van der Waals surface area contributed by atoms with Crippen LogP contribution < -0.4 is 0 Å². The van der Waals surface area contributed by atoms with E-state index in [2.05, 4.69) is 44.8 Å². The lowest BCUT2D eigenvalue weighted by molar-refractivity contribution is 0.205. The zero-order valence-electron chi connectivity index (χ0n) is 9.79. The van der Waals surface area contributed by atoms with E-state index in [1.807, 2.05) is 11.8 Å². The van der Waals surface area contributed by atoms with Crippen molar-refractivity contribution in [3.05, 3.63) is 0 Å². The predicted octanol–water partition coefficient (Wildman–Crippen LogP) is 4.07. The third kappa shape index (κ3) is 1.11. The summed E-state index contributed by atoms with van der Waals surface area (Å²) in [5, 5.41) is 9.33. The van der Waals surface area contributed by atoms with Crippen LogP contribution in [0.1, 0.15) is 47.5 Å². The molecule has 1 heterocycles. The largest absolute Gasteiger partial charge is 0.179 e. The molecule has 0 amide bonds. The molecule has 1 unspecified atom stereocenters. The highest BCUT2D eigenvalue weighted by Gasteiger charge is 2.63. The molecule has 1 fully saturated rings. The normalized spacial score (nSPS) is 36.8. The summed E-state index contributed by atoms with van der Waals surface area (Å²) in [6, 6.07) is 0. The second kappa shape index (κ2) is 2.75. The maximum absolute atomic E-state index is 4.64. The van der Waals surface area contributed by atoms with Gasteiger partial charge in [-0.2, -0.15) is 10.2 Å². The molecule has 1 saturated carbocycles. The zero-order valence-corrected chi connectivity index (χ0v) is 10.6. The minimum atomic E-state index is 0.0272. The topological polar surface area (TPSA) is 24.7 Å². The Kier molecular flexibility index (Phi) is 2.05. The van der Waals surface area contributed by atoms with Crippen LogP contribution in [0, 0.1) is 10.8 Å². The summed E-state index contributed by atoms with van der Waals surface area (Å²) < 4.78 is 0. The second-order valence-corrected chi connectivity index (χ2v) is 7.35. The molecule has 0 bridgehead atoms. The first-order valence-corrected chi connectivity index (χ1v) is 6.29. The lowest BCUT2D eigenvalue weighted by atomic mass is 9.78. The SMILES string of the molecule is CC1N=NC2(S1)C(C)(C)CCC2(C)C. The molecule has 2 aliphatic rings. The summed E-state index contributed by atoms with van der Waals surface area (Å²) >= 11 is 1.96. The van der Waals surface area contributed by atoms with Crippen LogP contribution >= 0.6 is 11.8 Å². The molecule has 14 heavy (non-hydrogen) atoms. The molecule has 2 nitrogen and oxygen atoms in total. The molecule has 0 N–H and O–H groups in total. The lowest BCUT2D eigenvalue weighted by Crippen LogP contribution is -2.43. The summed E-state index contributed by atoms with van der Waals surface area (Å²) in [5.74, 6) is 0. The van der Waals surface area contributed by atoms with E-state index in [4.69, 9.17) is 0 Å². The molecule has 1 spiro atoms. The van der Waals surface area contributed by atoms with Gasteiger partial charge in [0, 0.05) is 10.8 Å².